The number of hydrogen-bond acceptors (Lipinski definition) is 3. The molecule has 1 unspecified atom stereocenters. The monoisotopic (exact) mass is 351 g/mol. The van der Waals surface area contributed by atoms with Crippen molar-refractivity contribution < 1.29 is 4.79 Å². The Labute approximate surface area is 156 Å². The first kappa shape index (κ1) is 18.6. The number of nitrogens with one attached hydrogen (secondary N) is 1. The number of aromatic nitrogens is 1. The molecule has 2 heterocycles. The van der Waals surface area contributed by atoms with Crippen LogP contribution in [0.2, 0.25) is 0 Å². The van der Waals surface area contributed by atoms with E-state index in [0.717, 1.165) is 43.7 Å². The van der Waals surface area contributed by atoms with Crippen LogP contribution in [0.15, 0.2) is 48.7 Å². The van der Waals surface area contributed by atoms with Crippen LogP contribution in [-0.4, -0.2) is 35.4 Å². The molecular formula is C22H29N3O. The van der Waals surface area contributed by atoms with Gasteiger partial charge in [-0.1, -0.05) is 42.8 Å². The lowest BCUT2D eigenvalue weighted by atomic mass is 9.94. The van der Waals surface area contributed by atoms with Crippen LogP contribution in [0.25, 0.3) is 0 Å². The highest BCUT2D eigenvalue weighted by atomic mass is 16.2. The van der Waals surface area contributed by atoms with Gasteiger partial charge in [-0.2, -0.15) is 0 Å². The number of nitrogens with zero attached hydrogens (tertiary/aromatic N) is 2. The zero-order valence-electron chi connectivity index (χ0n) is 15.8. The summed E-state index contributed by atoms with van der Waals surface area (Å²) in [6.45, 7) is 7.45. The predicted octanol–water partition coefficient (Wildman–Crippen LogP) is 3.72. The minimum Gasteiger partial charge on any atom is -0.343 e. The Bertz CT molecular complexity index is 691. The second-order valence-electron chi connectivity index (χ2n) is 7.22. The first-order valence-corrected chi connectivity index (χ1v) is 9.67. The van der Waals surface area contributed by atoms with E-state index in [9.17, 15) is 4.79 Å². The number of carbonyl (C=O) groups is 1. The third-order valence-electron chi connectivity index (χ3n) is 5.18. The maximum Gasteiger partial charge on any atom is 0.224 e. The molecule has 1 aromatic carbocycles. The second-order valence-corrected chi connectivity index (χ2v) is 7.22. The third kappa shape index (κ3) is 4.70. The van der Waals surface area contributed by atoms with Crippen molar-refractivity contribution in [1.29, 1.82) is 0 Å². The van der Waals surface area contributed by atoms with Crippen molar-refractivity contribution in [1.82, 2.24) is 15.2 Å². The van der Waals surface area contributed by atoms with Crippen LogP contribution in [0.1, 0.15) is 49.0 Å². The molecule has 1 aliphatic rings. The lowest BCUT2D eigenvalue weighted by Gasteiger charge is -2.32. The highest BCUT2D eigenvalue weighted by Gasteiger charge is 2.27. The van der Waals surface area contributed by atoms with Crippen LogP contribution in [0.5, 0.6) is 0 Å². The van der Waals surface area contributed by atoms with Gasteiger partial charge in [0.05, 0.1) is 11.7 Å². The zero-order valence-corrected chi connectivity index (χ0v) is 15.8. The number of piperidine rings is 1. The van der Waals surface area contributed by atoms with E-state index in [1.54, 1.807) is 6.20 Å². The second kappa shape index (κ2) is 8.95. The molecule has 0 spiro atoms. The van der Waals surface area contributed by atoms with E-state index in [2.05, 4.69) is 53.3 Å². The molecule has 26 heavy (non-hydrogen) atoms. The van der Waals surface area contributed by atoms with E-state index in [1.807, 2.05) is 18.2 Å². The van der Waals surface area contributed by atoms with Gasteiger partial charge in [0.1, 0.15) is 0 Å². The molecule has 1 atom stereocenters. The van der Waals surface area contributed by atoms with Crippen LogP contribution >= 0.6 is 0 Å². The van der Waals surface area contributed by atoms with E-state index < -0.39 is 0 Å². The summed E-state index contributed by atoms with van der Waals surface area (Å²) in [7, 11) is 0. The highest BCUT2D eigenvalue weighted by molar-refractivity contribution is 5.79. The van der Waals surface area contributed by atoms with Crippen molar-refractivity contribution >= 4 is 5.91 Å². The van der Waals surface area contributed by atoms with E-state index in [0.29, 0.717) is 0 Å². The molecule has 2 aromatic rings. The van der Waals surface area contributed by atoms with Gasteiger partial charge < -0.3 is 10.2 Å². The average Bonchev–Trinajstić information content (AvgIpc) is 2.68. The van der Waals surface area contributed by atoms with Gasteiger partial charge in [-0.25, -0.2) is 0 Å². The van der Waals surface area contributed by atoms with Crippen LogP contribution in [-0.2, 0) is 4.79 Å². The standard InChI is InChI=1S/C22H29N3O/c1-3-14-25-15-11-19(12-16-25)22(26)24-21(20-6-4-5-13-23-20)18-9-7-17(2)8-10-18/h4-10,13,19,21H,3,11-12,14-16H2,1-2H3,(H,24,26). The number of likely N-dealkylation sites (tertiary alicyclic amines) is 1. The number of benzene rings is 1. The van der Waals surface area contributed by atoms with Gasteiger partial charge in [0, 0.05) is 12.1 Å². The van der Waals surface area contributed by atoms with Crippen molar-refractivity contribution in [2.24, 2.45) is 5.92 Å². The Kier molecular flexibility index (Phi) is 6.40. The van der Waals surface area contributed by atoms with Crippen molar-refractivity contribution in [3.8, 4) is 0 Å². The molecule has 1 aliphatic heterocycles. The smallest absolute Gasteiger partial charge is 0.224 e. The summed E-state index contributed by atoms with van der Waals surface area (Å²) in [5.74, 6) is 0.247. The Balaban J connectivity index is 1.72. The molecular weight excluding hydrogens is 322 g/mol. The number of rotatable bonds is 6. The van der Waals surface area contributed by atoms with Gasteiger partial charge in [-0.15, -0.1) is 0 Å². The third-order valence-corrected chi connectivity index (χ3v) is 5.18. The number of amides is 1. The molecule has 0 bridgehead atoms. The molecule has 0 saturated carbocycles. The topological polar surface area (TPSA) is 45.2 Å². The van der Waals surface area contributed by atoms with Crippen molar-refractivity contribution in [3.05, 3.63) is 65.5 Å². The van der Waals surface area contributed by atoms with Crippen molar-refractivity contribution in [2.45, 2.75) is 39.2 Å². The molecule has 0 aliphatic carbocycles. The minimum atomic E-state index is -0.196. The highest BCUT2D eigenvalue weighted by Crippen LogP contribution is 2.24. The molecule has 4 nitrogen and oxygen atoms in total. The van der Waals surface area contributed by atoms with Crippen LogP contribution in [0.4, 0.5) is 0 Å². The maximum atomic E-state index is 12.9. The summed E-state index contributed by atoms with van der Waals surface area (Å²) in [6, 6.07) is 14.0. The predicted molar refractivity (Wildman–Crippen MR) is 105 cm³/mol. The summed E-state index contributed by atoms with van der Waals surface area (Å²) in [6.07, 6.45) is 4.83. The maximum absolute atomic E-state index is 12.9. The van der Waals surface area contributed by atoms with Gasteiger partial charge in [0.15, 0.2) is 0 Å². The van der Waals surface area contributed by atoms with Gasteiger partial charge >= 0.3 is 0 Å². The molecule has 1 saturated heterocycles. The molecule has 3 rings (SSSR count). The first-order valence-electron chi connectivity index (χ1n) is 9.67. The summed E-state index contributed by atoms with van der Waals surface area (Å²) >= 11 is 0. The SMILES string of the molecule is CCCN1CCC(C(=O)NC(c2ccc(C)cc2)c2ccccn2)CC1. The summed E-state index contributed by atoms with van der Waals surface area (Å²) in [5, 5.41) is 3.27. The first-order chi connectivity index (χ1) is 12.7. The minimum absolute atomic E-state index is 0.0970. The Hall–Kier alpha value is -2.20. The average molecular weight is 351 g/mol. The fourth-order valence-electron chi connectivity index (χ4n) is 3.63. The quantitative estimate of drug-likeness (QED) is 0.863. The van der Waals surface area contributed by atoms with Gasteiger partial charge in [0.2, 0.25) is 5.91 Å². The number of carbonyl (C=O) groups excluding carboxylic acids is 1. The van der Waals surface area contributed by atoms with E-state index in [1.165, 1.54) is 12.0 Å². The van der Waals surface area contributed by atoms with Gasteiger partial charge in [-0.05, 0) is 63.5 Å². The van der Waals surface area contributed by atoms with Crippen molar-refractivity contribution in [3.63, 3.8) is 0 Å². The summed E-state index contributed by atoms with van der Waals surface area (Å²) in [4.78, 5) is 19.9. The number of pyridine rings is 1. The van der Waals surface area contributed by atoms with E-state index in [-0.39, 0.29) is 17.9 Å². The molecule has 138 valence electrons. The molecule has 1 fully saturated rings. The Morgan fingerprint density at radius 2 is 1.92 bits per heavy atom. The van der Waals surface area contributed by atoms with Crippen LogP contribution in [0, 0.1) is 12.8 Å². The molecule has 1 N–H and O–H groups in total. The van der Waals surface area contributed by atoms with Crippen LogP contribution in [0.3, 0.4) is 0 Å². The van der Waals surface area contributed by atoms with Gasteiger partial charge in [-0.3, -0.25) is 9.78 Å². The molecule has 1 amide bonds. The summed E-state index contributed by atoms with van der Waals surface area (Å²) in [5.41, 5.74) is 3.17. The number of hydrogen-bond donors (Lipinski definition) is 1. The fourth-order valence-corrected chi connectivity index (χ4v) is 3.63. The van der Waals surface area contributed by atoms with Crippen molar-refractivity contribution in [2.75, 3.05) is 19.6 Å². The lowest BCUT2D eigenvalue weighted by molar-refractivity contribution is -0.127. The summed E-state index contributed by atoms with van der Waals surface area (Å²) < 4.78 is 0. The molecule has 0 radical (unpaired) electrons. The Morgan fingerprint density at radius 3 is 2.54 bits per heavy atom. The van der Waals surface area contributed by atoms with Crippen LogP contribution < -0.4 is 5.32 Å². The lowest BCUT2D eigenvalue weighted by Crippen LogP contribution is -2.42. The normalized spacial score (nSPS) is 17.0. The molecule has 1 aromatic heterocycles. The molecule has 4 heteroatoms. The zero-order chi connectivity index (χ0) is 18.4. The van der Waals surface area contributed by atoms with E-state index in [4.69, 9.17) is 0 Å². The Morgan fingerprint density at radius 1 is 1.19 bits per heavy atom. The largest absolute Gasteiger partial charge is 0.343 e. The fraction of sp³-hybridized carbons (Fsp3) is 0.455. The van der Waals surface area contributed by atoms with Gasteiger partial charge in [0.25, 0.3) is 0 Å². The number of aryl methyl sites for hydroxylation is 1. The van der Waals surface area contributed by atoms with E-state index >= 15 is 0 Å².